The predicted octanol–water partition coefficient (Wildman–Crippen LogP) is 4.39. The van der Waals surface area contributed by atoms with E-state index in [2.05, 4.69) is 5.32 Å². The average Bonchev–Trinajstić information content (AvgIpc) is 2.65. The Kier molecular flexibility index (Phi) is 7.39. The van der Waals surface area contributed by atoms with Crippen molar-refractivity contribution in [1.82, 2.24) is 4.90 Å². The van der Waals surface area contributed by atoms with E-state index in [9.17, 15) is 17.6 Å². The molecule has 0 aliphatic rings. The van der Waals surface area contributed by atoms with Crippen LogP contribution in [0.1, 0.15) is 32.8 Å². The van der Waals surface area contributed by atoms with Crippen molar-refractivity contribution in [3.8, 4) is 5.75 Å². The van der Waals surface area contributed by atoms with E-state index in [1.807, 2.05) is 13.8 Å². The summed E-state index contributed by atoms with van der Waals surface area (Å²) in [5.74, 6) is -0.365. The van der Waals surface area contributed by atoms with Crippen LogP contribution in [-0.4, -0.2) is 31.1 Å². The monoisotopic (exact) mass is 408 g/mol. The fourth-order valence-corrected chi connectivity index (χ4v) is 3.02. The number of hydrogen-bond acceptors (Lipinski definition) is 4. The third-order valence-electron chi connectivity index (χ3n) is 4.29. The van der Waals surface area contributed by atoms with Gasteiger partial charge in [0.15, 0.2) is 0 Å². The number of nitrogens with zero attached hydrogens (tertiary/aromatic N) is 1. The molecule has 2 aromatic carbocycles. The van der Waals surface area contributed by atoms with Crippen molar-refractivity contribution in [3.63, 3.8) is 0 Å². The smallest absolute Gasteiger partial charge is 0.322 e. The molecule has 0 aliphatic heterocycles. The topological polar surface area (TPSA) is 75.7 Å². The summed E-state index contributed by atoms with van der Waals surface area (Å²) in [4.78, 5) is 14.4. The summed E-state index contributed by atoms with van der Waals surface area (Å²) in [5.41, 5.74) is 1.09. The van der Waals surface area contributed by atoms with Gasteiger partial charge in [-0.25, -0.2) is 9.18 Å². The maximum Gasteiger partial charge on any atom is 0.322 e. The molecule has 2 aromatic rings. The van der Waals surface area contributed by atoms with Crippen LogP contribution in [0, 0.1) is 5.82 Å². The summed E-state index contributed by atoms with van der Waals surface area (Å²) < 4.78 is 41.7. The van der Waals surface area contributed by atoms with E-state index in [4.69, 9.17) is 4.18 Å². The summed E-state index contributed by atoms with van der Waals surface area (Å²) >= 11 is 0. The summed E-state index contributed by atoms with van der Waals surface area (Å²) in [7, 11) is -3.63. The molecule has 0 heterocycles. The van der Waals surface area contributed by atoms with E-state index >= 15 is 0 Å². The minimum absolute atomic E-state index is 0.0856. The Morgan fingerprint density at radius 3 is 2.54 bits per heavy atom. The van der Waals surface area contributed by atoms with E-state index in [1.54, 1.807) is 35.2 Å². The lowest BCUT2D eigenvalue weighted by Crippen LogP contribution is -2.40. The predicted molar refractivity (Wildman–Crippen MR) is 107 cm³/mol. The van der Waals surface area contributed by atoms with Crippen LogP contribution < -0.4 is 9.50 Å². The Hall–Kier alpha value is -2.61. The Bertz CT molecular complexity index is 918. The molecule has 1 N–H and O–H groups in total. The zero-order chi connectivity index (χ0) is 20.7. The van der Waals surface area contributed by atoms with Gasteiger partial charge < -0.3 is 14.4 Å². The van der Waals surface area contributed by atoms with Gasteiger partial charge in [-0.1, -0.05) is 25.1 Å². The van der Waals surface area contributed by atoms with Gasteiger partial charge in [-0.15, -0.1) is 0 Å². The zero-order valence-corrected chi connectivity index (χ0v) is 17.0. The molecule has 0 fully saturated rings. The number of amides is 2. The second-order valence-corrected chi connectivity index (χ2v) is 8.26. The van der Waals surface area contributed by atoms with Crippen molar-refractivity contribution < 1.29 is 21.8 Å². The maximum absolute atomic E-state index is 13.4. The van der Waals surface area contributed by atoms with Crippen LogP contribution in [0.2, 0.25) is 0 Å². The Labute approximate surface area is 165 Å². The molecule has 0 radical (unpaired) electrons. The van der Waals surface area contributed by atoms with Crippen molar-refractivity contribution in [2.24, 2.45) is 0 Å². The first-order chi connectivity index (χ1) is 13.2. The molecule has 2 amide bonds. The SMILES string of the molecule is CC[C@H](C)N(Cc1cccc(OS(=O)(=O)CC)c1)C(=O)Nc1cccc(F)c1. The summed E-state index contributed by atoms with van der Waals surface area (Å²) in [6, 6.07) is 11.8. The number of carbonyl (C=O) groups is 1. The molecule has 6 nitrogen and oxygen atoms in total. The van der Waals surface area contributed by atoms with Gasteiger partial charge in [0.2, 0.25) is 0 Å². The third-order valence-corrected chi connectivity index (χ3v) is 5.44. The molecular formula is C20H25FN2O4S. The molecule has 0 aliphatic carbocycles. The Balaban J connectivity index is 2.19. The molecule has 0 saturated carbocycles. The van der Waals surface area contributed by atoms with Crippen LogP contribution in [0.3, 0.4) is 0 Å². The van der Waals surface area contributed by atoms with Gasteiger partial charge in [-0.05, 0) is 56.2 Å². The summed E-state index contributed by atoms with van der Waals surface area (Å²) in [6.45, 7) is 5.62. The second-order valence-electron chi connectivity index (χ2n) is 6.40. The van der Waals surface area contributed by atoms with Gasteiger partial charge in [-0.3, -0.25) is 0 Å². The van der Waals surface area contributed by atoms with Gasteiger partial charge in [-0.2, -0.15) is 8.42 Å². The van der Waals surface area contributed by atoms with E-state index in [0.717, 1.165) is 12.0 Å². The fraction of sp³-hybridized carbons (Fsp3) is 0.350. The van der Waals surface area contributed by atoms with Crippen LogP contribution in [0.4, 0.5) is 14.9 Å². The van der Waals surface area contributed by atoms with Crippen molar-refractivity contribution in [1.29, 1.82) is 0 Å². The third kappa shape index (κ3) is 6.23. The fourth-order valence-electron chi connectivity index (χ4n) is 2.51. The van der Waals surface area contributed by atoms with Crippen molar-refractivity contribution in [2.75, 3.05) is 11.1 Å². The largest absolute Gasteiger partial charge is 0.382 e. The van der Waals surface area contributed by atoms with Gasteiger partial charge in [0.05, 0.1) is 5.75 Å². The van der Waals surface area contributed by atoms with Crippen molar-refractivity contribution >= 4 is 21.8 Å². The number of nitrogens with one attached hydrogen (secondary N) is 1. The quantitative estimate of drug-likeness (QED) is 0.658. The Morgan fingerprint density at radius 1 is 1.18 bits per heavy atom. The van der Waals surface area contributed by atoms with Crippen LogP contribution in [0.5, 0.6) is 5.75 Å². The molecule has 8 heteroatoms. The van der Waals surface area contributed by atoms with Crippen molar-refractivity contribution in [3.05, 3.63) is 59.9 Å². The van der Waals surface area contributed by atoms with E-state index in [1.165, 1.54) is 25.1 Å². The number of anilines is 1. The standard InChI is InChI=1S/C20H25FN2O4S/c1-4-15(3)23(20(24)22-18-10-7-9-17(21)13-18)14-16-8-6-11-19(12-16)27-28(25,26)5-2/h6-13,15H,4-5,14H2,1-3H3,(H,22,24)/t15-/m0/s1. The molecule has 152 valence electrons. The number of carbonyl (C=O) groups excluding carboxylic acids is 1. The van der Waals surface area contributed by atoms with Crippen LogP contribution in [-0.2, 0) is 16.7 Å². The van der Waals surface area contributed by atoms with E-state index < -0.39 is 15.9 Å². The van der Waals surface area contributed by atoms with Gasteiger partial charge in [0.25, 0.3) is 0 Å². The van der Waals surface area contributed by atoms with Crippen molar-refractivity contribution in [2.45, 2.75) is 39.8 Å². The highest BCUT2D eigenvalue weighted by atomic mass is 32.2. The first-order valence-electron chi connectivity index (χ1n) is 9.08. The normalized spacial score (nSPS) is 12.3. The maximum atomic E-state index is 13.4. The van der Waals surface area contributed by atoms with Crippen LogP contribution >= 0.6 is 0 Å². The number of hydrogen-bond donors (Lipinski definition) is 1. The summed E-state index contributed by atoms with van der Waals surface area (Å²) in [5, 5.41) is 2.70. The highest BCUT2D eigenvalue weighted by Gasteiger charge is 2.20. The first kappa shape index (κ1) is 21.7. The zero-order valence-electron chi connectivity index (χ0n) is 16.2. The summed E-state index contributed by atoms with van der Waals surface area (Å²) in [6.07, 6.45) is 0.719. The number of urea groups is 1. The van der Waals surface area contributed by atoms with Crippen LogP contribution in [0.25, 0.3) is 0 Å². The van der Waals surface area contributed by atoms with Gasteiger partial charge in [0, 0.05) is 18.3 Å². The number of rotatable bonds is 8. The molecule has 2 rings (SSSR count). The highest BCUT2D eigenvalue weighted by Crippen LogP contribution is 2.20. The molecule has 28 heavy (non-hydrogen) atoms. The lowest BCUT2D eigenvalue weighted by atomic mass is 10.1. The molecule has 0 aromatic heterocycles. The lowest BCUT2D eigenvalue weighted by molar-refractivity contribution is 0.187. The molecule has 0 bridgehead atoms. The van der Waals surface area contributed by atoms with Gasteiger partial charge in [0.1, 0.15) is 11.6 Å². The lowest BCUT2D eigenvalue weighted by Gasteiger charge is -2.29. The highest BCUT2D eigenvalue weighted by molar-refractivity contribution is 7.87. The van der Waals surface area contributed by atoms with Gasteiger partial charge >= 0.3 is 16.1 Å². The average molecular weight is 408 g/mol. The first-order valence-corrected chi connectivity index (χ1v) is 10.7. The van der Waals surface area contributed by atoms with Crippen LogP contribution in [0.15, 0.2) is 48.5 Å². The molecule has 0 saturated heterocycles. The Morgan fingerprint density at radius 2 is 1.89 bits per heavy atom. The minimum Gasteiger partial charge on any atom is -0.382 e. The molecule has 1 atom stereocenters. The number of halogens is 1. The molecular weight excluding hydrogens is 383 g/mol. The minimum atomic E-state index is -3.63. The second kappa shape index (κ2) is 9.54. The van der Waals surface area contributed by atoms with E-state index in [-0.39, 0.29) is 30.1 Å². The molecule has 0 spiro atoms. The molecule has 0 unspecified atom stereocenters. The number of benzene rings is 2. The van der Waals surface area contributed by atoms with E-state index in [0.29, 0.717) is 5.69 Å².